The van der Waals surface area contributed by atoms with Crippen molar-refractivity contribution in [3.8, 4) is 5.75 Å². The van der Waals surface area contributed by atoms with E-state index in [0.717, 1.165) is 61.3 Å². The van der Waals surface area contributed by atoms with Gasteiger partial charge in [0.15, 0.2) is 5.82 Å². The summed E-state index contributed by atoms with van der Waals surface area (Å²) in [6, 6.07) is 3.18. The van der Waals surface area contributed by atoms with Crippen molar-refractivity contribution in [2.75, 3.05) is 19.6 Å². The molecule has 2 aliphatic heterocycles. The Morgan fingerprint density at radius 2 is 1.93 bits per heavy atom. The fourth-order valence-corrected chi connectivity index (χ4v) is 8.01. The molecule has 2 amide bonds. The molecule has 0 unspecified atom stereocenters. The van der Waals surface area contributed by atoms with Gasteiger partial charge in [-0.25, -0.2) is 0 Å². The third-order valence-electron chi connectivity index (χ3n) is 10.9. The Morgan fingerprint density at radius 1 is 1.14 bits per heavy atom. The molecule has 43 heavy (non-hydrogen) atoms. The molecule has 0 bridgehead atoms. The third kappa shape index (κ3) is 4.99. The van der Waals surface area contributed by atoms with Gasteiger partial charge in [0, 0.05) is 49.6 Å². The first-order chi connectivity index (χ1) is 20.6. The smallest absolute Gasteiger partial charge is 0.310 e. The zero-order chi connectivity index (χ0) is 30.1. The molecule has 1 N–H and O–H groups in total. The average Bonchev–Trinajstić information content (AvgIpc) is 3.90. The molecule has 10 nitrogen and oxygen atoms in total. The van der Waals surface area contributed by atoms with Crippen LogP contribution < -0.4 is 4.74 Å². The van der Waals surface area contributed by atoms with E-state index in [1.165, 1.54) is 0 Å². The fourth-order valence-electron chi connectivity index (χ4n) is 7.75. The van der Waals surface area contributed by atoms with E-state index >= 15 is 0 Å². The summed E-state index contributed by atoms with van der Waals surface area (Å²) >= 11 is 6.79. The first-order valence-electron chi connectivity index (χ1n) is 15.7. The van der Waals surface area contributed by atoms with Gasteiger partial charge in [-0.15, -0.1) is 10.2 Å². The van der Waals surface area contributed by atoms with Crippen LogP contribution in [0.25, 0.3) is 0 Å². The van der Waals surface area contributed by atoms with Gasteiger partial charge >= 0.3 is 5.97 Å². The van der Waals surface area contributed by atoms with Crippen LogP contribution in [0.4, 0.5) is 0 Å². The molecule has 1 saturated heterocycles. The molecular weight excluding hydrogens is 570 g/mol. The van der Waals surface area contributed by atoms with E-state index in [-0.39, 0.29) is 23.8 Å². The standard InChI is InChI=1S/C32H40ClN5O5/c1-31(30(41)42)11-4-3-5-21(31)29(40)38-14-10-20-22(33)8-9-24(43-17-25-34-35-28(36(25)2)19-6-7-19)27(20)23(38)16-37-18-32(12-13-32)15-26(37)39/h8-9,19,21,23H,3-7,10-18H2,1-2H3,(H,41,42)/t21-,23+,31-/m0/s1. The summed E-state index contributed by atoms with van der Waals surface area (Å²) in [7, 11) is 1.96. The molecule has 230 valence electrons. The molecule has 2 aromatic rings. The zero-order valence-corrected chi connectivity index (χ0v) is 25.7. The SMILES string of the molecule is Cn1c(COc2ccc(Cl)c3c2[C@@H](CN2CC4(CC4)CC2=O)N(C(=O)[C@@H]2CCCC[C@]2(C)C(=O)O)CC3)nnc1C1CC1. The molecule has 3 heterocycles. The largest absolute Gasteiger partial charge is 0.485 e. The Kier molecular flexibility index (Phi) is 6.98. The number of benzene rings is 1. The second-order valence-corrected chi connectivity index (χ2v) is 14.2. The van der Waals surface area contributed by atoms with Gasteiger partial charge < -0.3 is 24.2 Å². The van der Waals surface area contributed by atoms with Gasteiger partial charge in [-0.3, -0.25) is 14.4 Å². The van der Waals surface area contributed by atoms with Crippen molar-refractivity contribution in [1.29, 1.82) is 0 Å². The molecule has 1 aromatic carbocycles. The number of aliphatic carboxylic acids is 1. The number of carbonyl (C=O) groups is 3. The molecule has 3 aliphatic carbocycles. The summed E-state index contributed by atoms with van der Waals surface area (Å²) in [5.74, 6) is 1.17. The topological polar surface area (TPSA) is 118 Å². The maximum absolute atomic E-state index is 14.4. The van der Waals surface area contributed by atoms with E-state index in [0.29, 0.717) is 62.0 Å². The van der Waals surface area contributed by atoms with Crippen molar-refractivity contribution in [1.82, 2.24) is 24.6 Å². The van der Waals surface area contributed by atoms with Gasteiger partial charge in [-0.05, 0) is 75.0 Å². The van der Waals surface area contributed by atoms with E-state index in [1.807, 2.05) is 33.5 Å². The van der Waals surface area contributed by atoms with Crippen molar-refractivity contribution in [3.63, 3.8) is 0 Å². The monoisotopic (exact) mass is 609 g/mol. The Balaban J connectivity index is 1.24. The minimum atomic E-state index is -1.13. The molecule has 4 fully saturated rings. The van der Waals surface area contributed by atoms with Crippen LogP contribution in [0.2, 0.25) is 5.02 Å². The number of hydrogen-bond acceptors (Lipinski definition) is 6. The number of aromatic nitrogens is 3. The quantitative estimate of drug-likeness (QED) is 0.463. The van der Waals surface area contributed by atoms with Gasteiger partial charge in [0.25, 0.3) is 0 Å². The molecule has 7 rings (SSSR count). The Hall–Kier alpha value is -3.14. The number of likely N-dealkylation sites (tertiary alicyclic amines) is 1. The Bertz CT molecular complexity index is 1480. The summed E-state index contributed by atoms with van der Waals surface area (Å²) in [5, 5.41) is 19.6. The molecule has 11 heteroatoms. The van der Waals surface area contributed by atoms with Crippen LogP contribution in [0.5, 0.6) is 5.75 Å². The molecular formula is C32H40ClN5O5. The zero-order valence-electron chi connectivity index (χ0n) is 25.0. The first kappa shape index (κ1) is 28.6. The van der Waals surface area contributed by atoms with Crippen LogP contribution in [0.1, 0.15) is 99.4 Å². The summed E-state index contributed by atoms with van der Waals surface area (Å²) in [6.07, 6.45) is 8.07. The highest BCUT2D eigenvalue weighted by atomic mass is 35.5. The molecule has 3 atom stereocenters. The van der Waals surface area contributed by atoms with E-state index in [9.17, 15) is 19.5 Å². The molecule has 0 radical (unpaired) electrons. The Morgan fingerprint density at radius 3 is 2.63 bits per heavy atom. The van der Waals surface area contributed by atoms with Gasteiger partial charge in [0.1, 0.15) is 18.2 Å². The van der Waals surface area contributed by atoms with Gasteiger partial charge in [0.2, 0.25) is 11.8 Å². The maximum atomic E-state index is 14.4. The number of ether oxygens (including phenoxy) is 1. The van der Waals surface area contributed by atoms with Gasteiger partial charge in [0.05, 0.1) is 17.4 Å². The van der Waals surface area contributed by atoms with Gasteiger partial charge in [-0.1, -0.05) is 24.4 Å². The van der Waals surface area contributed by atoms with Crippen LogP contribution >= 0.6 is 11.6 Å². The van der Waals surface area contributed by atoms with Crippen molar-refractivity contribution in [2.45, 2.75) is 89.7 Å². The predicted molar refractivity (Wildman–Crippen MR) is 157 cm³/mol. The lowest BCUT2D eigenvalue weighted by molar-refractivity contribution is -0.162. The number of fused-ring (bicyclic) bond motifs is 1. The van der Waals surface area contributed by atoms with E-state index < -0.39 is 23.3 Å². The Labute approximate surface area is 256 Å². The lowest BCUT2D eigenvalue weighted by atomic mass is 9.66. The number of carbonyl (C=O) groups excluding carboxylic acids is 2. The third-order valence-corrected chi connectivity index (χ3v) is 11.3. The second-order valence-electron chi connectivity index (χ2n) is 13.8. The summed E-state index contributed by atoms with van der Waals surface area (Å²) in [5.41, 5.74) is 0.684. The average molecular weight is 610 g/mol. The van der Waals surface area contributed by atoms with Crippen LogP contribution in [0, 0.1) is 16.7 Å². The number of hydrogen-bond donors (Lipinski definition) is 1. The van der Waals surface area contributed by atoms with E-state index in [2.05, 4.69) is 10.2 Å². The number of halogens is 1. The number of carboxylic acids is 1. The van der Waals surface area contributed by atoms with Crippen molar-refractivity contribution in [2.24, 2.45) is 23.8 Å². The highest BCUT2D eigenvalue weighted by molar-refractivity contribution is 6.31. The minimum Gasteiger partial charge on any atom is -0.485 e. The van der Waals surface area contributed by atoms with Crippen molar-refractivity contribution < 1.29 is 24.2 Å². The number of amides is 2. The van der Waals surface area contributed by atoms with Gasteiger partial charge in [-0.2, -0.15) is 0 Å². The maximum Gasteiger partial charge on any atom is 0.310 e. The molecule has 1 aromatic heterocycles. The highest BCUT2D eigenvalue weighted by Gasteiger charge is 2.54. The van der Waals surface area contributed by atoms with Crippen molar-refractivity contribution in [3.05, 3.63) is 39.9 Å². The predicted octanol–water partition coefficient (Wildman–Crippen LogP) is 4.64. The van der Waals surface area contributed by atoms with E-state index in [1.54, 1.807) is 6.92 Å². The first-order valence-corrected chi connectivity index (χ1v) is 16.1. The van der Waals surface area contributed by atoms with Crippen LogP contribution in [-0.4, -0.2) is 67.1 Å². The number of nitrogens with zero attached hydrogens (tertiary/aromatic N) is 5. The summed E-state index contributed by atoms with van der Waals surface area (Å²) in [6.45, 7) is 3.36. The molecule has 3 saturated carbocycles. The van der Waals surface area contributed by atoms with Crippen LogP contribution in [-0.2, 0) is 34.5 Å². The second kappa shape index (κ2) is 10.5. The normalized spacial score (nSPS) is 27.8. The lowest BCUT2D eigenvalue weighted by Crippen LogP contribution is -2.52. The highest BCUT2D eigenvalue weighted by Crippen LogP contribution is 2.54. The van der Waals surface area contributed by atoms with Crippen LogP contribution in [0.15, 0.2) is 12.1 Å². The summed E-state index contributed by atoms with van der Waals surface area (Å²) < 4.78 is 8.45. The lowest BCUT2D eigenvalue weighted by Gasteiger charge is -2.45. The van der Waals surface area contributed by atoms with E-state index in [4.69, 9.17) is 16.3 Å². The van der Waals surface area contributed by atoms with Crippen molar-refractivity contribution >= 4 is 29.4 Å². The minimum absolute atomic E-state index is 0.0762. The molecule has 1 spiro atoms. The van der Waals surface area contributed by atoms with Crippen LogP contribution in [0.3, 0.4) is 0 Å². The fraction of sp³-hybridized carbons (Fsp3) is 0.656. The number of carboxylic acid groups (broad SMARTS) is 1. The molecule has 5 aliphatic rings. The summed E-state index contributed by atoms with van der Waals surface area (Å²) in [4.78, 5) is 43.9. The number of rotatable bonds is 8.